The fourth-order valence-electron chi connectivity index (χ4n) is 2.01. The molecule has 0 saturated carbocycles. The van der Waals surface area contributed by atoms with Gasteiger partial charge < -0.3 is 4.74 Å². The second kappa shape index (κ2) is 6.14. The Morgan fingerprint density at radius 1 is 1.33 bits per heavy atom. The van der Waals surface area contributed by atoms with Crippen LogP contribution in [-0.2, 0) is 4.74 Å². The third-order valence-electron chi connectivity index (χ3n) is 3.09. The molecule has 1 aliphatic rings. The molecule has 5 heteroatoms. The fourth-order valence-corrected chi connectivity index (χ4v) is 3.09. The number of thioether (sulfide) groups is 1. The molecule has 1 aromatic rings. The van der Waals surface area contributed by atoms with E-state index in [2.05, 4.69) is 41.2 Å². The van der Waals surface area contributed by atoms with Crippen molar-refractivity contribution in [3.8, 4) is 0 Å². The normalized spacial score (nSPS) is 27.6. The van der Waals surface area contributed by atoms with Crippen LogP contribution < -0.4 is 0 Å². The van der Waals surface area contributed by atoms with Gasteiger partial charge in [0.1, 0.15) is 5.44 Å². The van der Waals surface area contributed by atoms with E-state index in [1.165, 1.54) is 10.5 Å². The Hall–Kier alpha value is -1.16. The zero-order valence-corrected chi connectivity index (χ0v) is 11.4. The summed E-state index contributed by atoms with van der Waals surface area (Å²) in [6.07, 6.45) is 1.82. The molecule has 3 atom stereocenters. The Morgan fingerprint density at radius 2 is 2.06 bits per heavy atom. The van der Waals surface area contributed by atoms with Gasteiger partial charge in [0, 0.05) is 9.81 Å². The van der Waals surface area contributed by atoms with Gasteiger partial charge in [0.25, 0.3) is 0 Å². The van der Waals surface area contributed by atoms with Gasteiger partial charge in [-0.2, -0.15) is 0 Å². The third-order valence-corrected chi connectivity index (χ3v) is 4.25. The van der Waals surface area contributed by atoms with Crippen molar-refractivity contribution < 1.29 is 4.74 Å². The van der Waals surface area contributed by atoms with E-state index in [-0.39, 0.29) is 17.6 Å². The first-order valence-corrected chi connectivity index (χ1v) is 7.00. The summed E-state index contributed by atoms with van der Waals surface area (Å²) in [5, 5.41) is 3.76. The second-order valence-electron chi connectivity index (χ2n) is 4.55. The average molecular weight is 263 g/mol. The Kier molecular flexibility index (Phi) is 4.53. The van der Waals surface area contributed by atoms with E-state index >= 15 is 0 Å². The molecule has 0 N–H and O–H groups in total. The van der Waals surface area contributed by atoms with Crippen LogP contribution in [0.15, 0.2) is 34.3 Å². The molecule has 96 valence electrons. The standard InChI is InChI=1S/C13H17N3OS/c1-9-3-5-11(6-4-9)18-13-8-7-12(15-16-14)10(2)17-13/h3-6,10,12-13H,7-8H2,1-2H3/t10-,12-,13-/m0/s1. The minimum absolute atomic E-state index is 0.00222. The Labute approximate surface area is 111 Å². The van der Waals surface area contributed by atoms with Gasteiger partial charge in [-0.1, -0.05) is 34.6 Å². The quantitative estimate of drug-likeness (QED) is 0.464. The molecule has 0 aliphatic carbocycles. The highest BCUT2D eigenvalue weighted by atomic mass is 32.2. The lowest BCUT2D eigenvalue weighted by atomic mass is 10.1. The number of ether oxygens (including phenoxy) is 1. The molecule has 2 rings (SSSR count). The van der Waals surface area contributed by atoms with Crippen molar-refractivity contribution in [3.05, 3.63) is 40.3 Å². The first-order chi connectivity index (χ1) is 8.69. The van der Waals surface area contributed by atoms with Gasteiger partial charge in [0.2, 0.25) is 0 Å². The number of azide groups is 1. The topological polar surface area (TPSA) is 58.0 Å². The van der Waals surface area contributed by atoms with Crippen LogP contribution in [0, 0.1) is 6.92 Å². The molecular weight excluding hydrogens is 246 g/mol. The van der Waals surface area contributed by atoms with Crippen molar-refractivity contribution in [1.29, 1.82) is 0 Å². The van der Waals surface area contributed by atoms with Crippen LogP contribution >= 0.6 is 11.8 Å². The van der Waals surface area contributed by atoms with E-state index in [4.69, 9.17) is 10.3 Å². The summed E-state index contributed by atoms with van der Waals surface area (Å²) >= 11 is 1.74. The van der Waals surface area contributed by atoms with Crippen LogP contribution in [0.1, 0.15) is 25.3 Å². The summed E-state index contributed by atoms with van der Waals surface area (Å²) in [7, 11) is 0. The largest absolute Gasteiger partial charge is 0.364 e. The molecule has 0 aromatic heterocycles. The number of aryl methyl sites for hydroxylation is 1. The lowest BCUT2D eigenvalue weighted by molar-refractivity contribution is -0.00548. The minimum Gasteiger partial charge on any atom is -0.364 e. The lowest BCUT2D eigenvalue weighted by Gasteiger charge is -2.31. The number of hydrogen-bond donors (Lipinski definition) is 0. The van der Waals surface area contributed by atoms with Gasteiger partial charge in [-0.25, -0.2) is 0 Å². The van der Waals surface area contributed by atoms with E-state index in [1.54, 1.807) is 11.8 Å². The van der Waals surface area contributed by atoms with E-state index < -0.39 is 0 Å². The Morgan fingerprint density at radius 3 is 2.67 bits per heavy atom. The molecule has 18 heavy (non-hydrogen) atoms. The maximum atomic E-state index is 8.46. The number of nitrogens with zero attached hydrogens (tertiary/aromatic N) is 3. The Bertz CT molecular complexity index is 442. The molecule has 0 radical (unpaired) electrons. The van der Waals surface area contributed by atoms with Gasteiger partial charge in [-0.3, -0.25) is 0 Å². The zero-order valence-electron chi connectivity index (χ0n) is 10.6. The highest BCUT2D eigenvalue weighted by Gasteiger charge is 2.27. The van der Waals surface area contributed by atoms with Crippen molar-refractivity contribution >= 4 is 11.8 Å². The van der Waals surface area contributed by atoms with Crippen molar-refractivity contribution in [1.82, 2.24) is 0 Å². The highest BCUT2D eigenvalue weighted by Crippen LogP contribution is 2.33. The monoisotopic (exact) mass is 263 g/mol. The summed E-state index contributed by atoms with van der Waals surface area (Å²) in [5.41, 5.74) is 9.89. The number of benzene rings is 1. The fraction of sp³-hybridized carbons (Fsp3) is 0.538. The molecule has 0 bridgehead atoms. The van der Waals surface area contributed by atoms with Gasteiger partial charge in [-0.05, 0) is 44.4 Å². The lowest BCUT2D eigenvalue weighted by Crippen LogP contribution is -2.34. The summed E-state index contributed by atoms with van der Waals surface area (Å²) < 4.78 is 5.88. The number of hydrogen-bond acceptors (Lipinski definition) is 3. The van der Waals surface area contributed by atoms with Crippen molar-refractivity contribution in [3.63, 3.8) is 0 Å². The van der Waals surface area contributed by atoms with Crippen molar-refractivity contribution in [2.24, 2.45) is 5.11 Å². The first kappa shape index (κ1) is 13.3. The van der Waals surface area contributed by atoms with Gasteiger partial charge in [0.05, 0.1) is 12.1 Å². The SMILES string of the molecule is Cc1ccc(S[C@H]2CC[C@H](N=[N+]=[N-])[C@H](C)O2)cc1. The van der Waals surface area contributed by atoms with E-state index in [0.29, 0.717) is 0 Å². The smallest absolute Gasteiger partial charge is 0.108 e. The number of rotatable bonds is 3. The molecular formula is C13H17N3OS. The summed E-state index contributed by atoms with van der Waals surface area (Å²) in [6.45, 7) is 4.05. The van der Waals surface area contributed by atoms with Crippen LogP contribution in [0.3, 0.4) is 0 Å². The van der Waals surface area contributed by atoms with Crippen LogP contribution in [0.2, 0.25) is 0 Å². The Balaban J connectivity index is 1.92. The molecule has 0 unspecified atom stereocenters. The molecule has 0 amide bonds. The van der Waals surface area contributed by atoms with E-state index in [9.17, 15) is 0 Å². The molecule has 1 heterocycles. The van der Waals surface area contributed by atoms with Crippen molar-refractivity contribution in [2.75, 3.05) is 0 Å². The van der Waals surface area contributed by atoms with Crippen LogP contribution in [0.25, 0.3) is 10.4 Å². The zero-order chi connectivity index (χ0) is 13.0. The van der Waals surface area contributed by atoms with Gasteiger partial charge in [0.15, 0.2) is 0 Å². The molecule has 1 saturated heterocycles. The second-order valence-corrected chi connectivity index (χ2v) is 5.78. The summed E-state index contributed by atoms with van der Waals surface area (Å²) in [5.74, 6) is 0. The molecule has 4 nitrogen and oxygen atoms in total. The van der Waals surface area contributed by atoms with E-state index in [0.717, 1.165) is 12.8 Å². The predicted octanol–water partition coefficient (Wildman–Crippen LogP) is 4.29. The van der Waals surface area contributed by atoms with Gasteiger partial charge in [-0.15, -0.1) is 0 Å². The molecule has 0 spiro atoms. The maximum Gasteiger partial charge on any atom is 0.108 e. The third kappa shape index (κ3) is 3.42. The average Bonchev–Trinajstić information content (AvgIpc) is 2.36. The predicted molar refractivity (Wildman–Crippen MR) is 73.5 cm³/mol. The van der Waals surface area contributed by atoms with Crippen LogP contribution in [0.4, 0.5) is 0 Å². The molecule has 1 fully saturated rings. The van der Waals surface area contributed by atoms with Crippen LogP contribution in [0.5, 0.6) is 0 Å². The maximum absolute atomic E-state index is 8.46. The molecule has 1 aromatic carbocycles. The highest BCUT2D eigenvalue weighted by molar-refractivity contribution is 7.99. The van der Waals surface area contributed by atoms with Crippen LogP contribution in [-0.4, -0.2) is 17.6 Å². The van der Waals surface area contributed by atoms with Gasteiger partial charge >= 0.3 is 0 Å². The molecule has 1 aliphatic heterocycles. The minimum atomic E-state index is -0.0233. The van der Waals surface area contributed by atoms with E-state index in [1.807, 2.05) is 6.92 Å². The summed E-state index contributed by atoms with van der Waals surface area (Å²) in [6, 6.07) is 8.43. The summed E-state index contributed by atoms with van der Waals surface area (Å²) in [4.78, 5) is 4.09. The van der Waals surface area contributed by atoms with Crippen molar-refractivity contribution in [2.45, 2.75) is 49.2 Å². The first-order valence-electron chi connectivity index (χ1n) is 6.12.